The highest BCUT2D eigenvalue weighted by Crippen LogP contribution is 2.60. The number of rotatable bonds is 6. The molecule has 56 heavy (non-hydrogen) atoms. The van der Waals surface area contributed by atoms with E-state index in [0.717, 1.165) is 60.5 Å². The molecule has 1 aliphatic rings. The van der Waals surface area contributed by atoms with E-state index in [1.807, 2.05) is 85.8 Å². The Hall–Kier alpha value is -6.84. The molecule has 0 spiro atoms. The van der Waals surface area contributed by atoms with Gasteiger partial charge in [-0.2, -0.15) is 0 Å². The first-order valence-corrected chi connectivity index (χ1v) is 18.5. The van der Waals surface area contributed by atoms with Crippen molar-refractivity contribution >= 4 is 72.1 Å². The smallest absolute Gasteiger partial charge is 0.0645 e. The molecule has 3 heteroatoms. The third kappa shape index (κ3) is 4.58. The van der Waals surface area contributed by atoms with Crippen molar-refractivity contribution in [2.45, 2.75) is 33.0 Å². The summed E-state index contributed by atoms with van der Waals surface area (Å²) < 4.78 is 116. The first-order valence-electron chi connectivity index (χ1n) is 25.0. The predicted octanol–water partition coefficient (Wildman–Crippen LogP) is 14.7. The van der Waals surface area contributed by atoms with Crippen LogP contribution >= 0.6 is 0 Å². The van der Waals surface area contributed by atoms with E-state index in [1.54, 1.807) is 21.9 Å². The summed E-state index contributed by atoms with van der Waals surface area (Å²) in [5.41, 5.74) is 7.66. The monoisotopic (exact) mass is 732 g/mol. The second kappa shape index (κ2) is 12.1. The number of aromatic nitrogens is 1. The van der Waals surface area contributed by atoms with E-state index in [4.69, 9.17) is 15.1 Å². The maximum Gasteiger partial charge on any atom is 0.0645 e. The fraction of sp³-hybridized carbons (Fsp3) is 0.0943. The highest BCUT2D eigenvalue weighted by Gasteiger charge is 2.43. The first-order chi connectivity index (χ1) is 32.7. The number of anilines is 6. The molecule has 0 N–H and O–H groups in total. The van der Waals surface area contributed by atoms with Gasteiger partial charge in [0.2, 0.25) is 0 Å². The van der Waals surface area contributed by atoms with Crippen LogP contribution in [-0.4, -0.2) is 4.40 Å². The highest BCUT2D eigenvalue weighted by molar-refractivity contribution is 6.34. The van der Waals surface area contributed by atoms with Crippen LogP contribution in [0.5, 0.6) is 0 Å². The number of benzene rings is 8. The molecule has 0 saturated carbocycles. The molecule has 0 unspecified atom stereocenters. The molecular weight excluding hydrogens is 679 g/mol. The van der Waals surface area contributed by atoms with Crippen LogP contribution < -0.4 is 9.80 Å². The zero-order valence-corrected chi connectivity index (χ0v) is 30.8. The second-order valence-corrected chi connectivity index (χ2v) is 14.9. The van der Waals surface area contributed by atoms with Crippen molar-refractivity contribution in [3.8, 4) is 11.1 Å². The Kier molecular flexibility index (Phi) is 4.72. The lowest BCUT2D eigenvalue weighted by molar-refractivity contribution is 0.633. The Labute approximate surface area is 345 Å². The Morgan fingerprint density at radius 1 is 0.554 bits per heavy atom. The molecule has 0 amide bonds. The maximum absolute atomic E-state index is 9.43. The number of hydrogen-bond acceptors (Lipinski definition) is 2. The quantitative estimate of drug-likeness (QED) is 0.169. The zero-order valence-electron chi connectivity index (χ0n) is 43.8. The van der Waals surface area contributed by atoms with Gasteiger partial charge in [-0.25, -0.2) is 0 Å². The molecule has 0 fully saturated rings. The van der Waals surface area contributed by atoms with Crippen molar-refractivity contribution < 1.29 is 17.8 Å². The van der Waals surface area contributed by atoms with Crippen LogP contribution in [0.15, 0.2) is 176 Å². The van der Waals surface area contributed by atoms with E-state index in [9.17, 15) is 2.74 Å². The molecule has 0 aliphatic heterocycles. The van der Waals surface area contributed by atoms with Gasteiger partial charge in [-0.1, -0.05) is 140 Å². The zero-order chi connectivity index (χ0) is 48.9. The van der Waals surface area contributed by atoms with Gasteiger partial charge >= 0.3 is 0 Å². The molecule has 2 aromatic heterocycles. The van der Waals surface area contributed by atoms with Gasteiger partial charge in [0.25, 0.3) is 0 Å². The lowest BCUT2D eigenvalue weighted by Gasteiger charge is -2.28. The molecule has 8 aromatic carbocycles. The summed E-state index contributed by atoms with van der Waals surface area (Å²) in [6.07, 6.45) is 0. The summed E-state index contributed by atoms with van der Waals surface area (Å²) in [4.78, 5) is 3.39. The van der Waals surface area contributed by atoms with Crippen LogP contribution in [0.3, 0.4) is 0 Å². The van der Waals surface area contributed by atoms with E-state index < -0.39 is 60.6 Å². The number of para-hydroxylation sites is 2. The van der Waals surface area contributed by atoms with Crippen LogP contribution in [0, 0.1) is 13.8 Å². The minimum absolute atomic E-state index is 0.0116. The van der Waals surface area contributed by atoms with Gasteiger partial charge in [0.05, 0.1) is 30.4 Å². The third-order valence-electron chi connectivity index (χ3n) is 11.4. The summed E-state index contributed by atoms with van der Waals surface area (Å²) in [6, 6.07) is 30.9. The summed E-state index contributed by atoms with van der Waals surface area (Å²) in [6.45, 7) is 3.84. The van der Waals surface area contributed by atoms with Crippen molar-refractivity contribution in [1.29, 1.82) is 0 Å². The SMILES string of the molecule is [2H]c1c([2H])c([2H])c(N(c2ccc(C)cc2)c2ccc3c4c5ccccc5c(N(c5ccc(C([2H])([2H])[2H])cc5)c5c([2H])c([2H])c([2H])c([2H])c5[2H])c5c6c(n(c3c2)c54)C(C)(C)c2ccccc2-6)c([2H])c1[2H]. The lowest BCUT2D eigenvalue weighted by Crippen LogP contribution is -2.17. The Morgan fingerprint density at radius 3 is 1.84 bits per heavy atom. The normalized spacial score (nSPS) is 16.7. The number of fused-ring (bicyclic) bond motifs is 10. The molecule has 2 heterocycles. The van der Waals surface area contributed by atoms with Crippen molar-refractivity contribution in [2.24, 2.45) is 0 Å². The van der Waals surface area contributed by atoms with Gasteiger partial charge < -0.3 is 14.2 Å². The summed E-state index contributed by atoms with van der Waals surface area (Å²) in [7, 11) is 0. The minimum atomic E-state index is -2.43. The van der Waals surface area contributed by atoms with E-state index in [1.165, 1.54) is 12.1 Å². The van der Waals surface area contributed by atoms with Crippen LogP contribution in [0.25, 0.3) is 49.1 Å². The van der Waals surface area contributed by atoms with Crippen molar-refractivity contribution in [2.75, 3.05) is 9.80 Å². The van der Waals surface area contributed by atoms with Gasteiger partial charge in [0, 0.05) is 70.8 Å². The fourth-order valence-electron chi connectivity index (χ4n) is 9.03. The minimum Gasteiger partial charge on any atom is -0.311 e. The predicted molar refractivity (Wildman–Crippen MR) is 238 cm³/mol. The van der Waals surface area contributed by atoms with Crippen LogP contribution in [0.4, 0.5) is 34.1 Å². The fourth-order valence-corrected chi connectivity index (χ4v) is 9.03. The van der Waals surface area contributed by atoms with Crippen molar-refractivity contribution in [3.63, 3.8) is 0 Å². The molecule has 10 aromatic rings. The molecule has 3 nitrogen and oxygen atoms in total. The van der Waals surface area contributed by atoms with E-state index in [-0.39, 0.29) is 29.0 Å². The highest BCUT2D eigenvalue weighted by atomic mass is 15.2. The van der Waals surface area contributed by atoms with Gasteiger partial charge in [-0.05, 0) is 90.9 Å². The number of hydrogen-bond donors (Lipinski definition) is 0. The Morgan fingerprint density at radius 2 is 1.14 bits per heavy atom. The molecule has 11 rings (SSSR count). The molecule has 1 aliphatic carbocycles. The van der Waals surface area contributed by atoms with Gasteiger partial charge in [-0.15, -0.1) is 0 Å². The molecule has 0 bridgehead atoms. The summed E-state index contributed by atoms with van der Waals surface area (Å²) in [5.74, 6) is 0. The average molecular weight is 733 g/mol. The summed E-state index contributed by atoms with van der Waals surface area (Å²) in [5, 5.41) is 3.98. The van der Waals surface area contributed by atoms with Crippen molar-refractivity contribution in [1.82, 2.24) is 4.40 Å². The molecular formula is C53H41N3. The average Bonchev–Trinajstić information content (AvgIpc) is 3.94. The number of nitrogens with zero attached hydrogens (tertiary/aromatic N) is 3. The standard InChI is InChI=1S/C53H41N3/c1-34-23-27-38(28-24-34)54(36-15-7-5-8-16-36)40-31-32-44-46(33-40)56-51-47(44)41-19-11-12-20-42(41)50(49(51)48-43-21-13-14-22-45(43)53(3,4)52(48)56)55(37-17-9-6-10-18-37)39-29-25-35(2)26-30-39/h5-33H,1-4H3/i2D3,5D,6D,7D,8D,9D,10D,15D,16D,17D,18D. The largest absolute Gasteiger partial charge is 0.311 e. The van der Waals surface area contributed by atoms with Crippen molar-refractivity contribution in [3.05, 3.63) is 198 Å². The third-order valence-corrected chi connectivity index (χ3v) is 11.4. The molecule has 0 saturated heterocycles. The Bertz CT molecular complexity index is 3760. The summed E-state index contributed by atoms with van der Waals surface area (Å²) >= 11 is 0. The number of aryl methyl sites for hydroxylation is 2. The molecule has 268 valence electrons. The lowest BCUT2D eigenvalue weighted by atomic mass is 9.85. The van der Waals surface area contributed by atoms with E-state index >= 15 is 0 Å². The molecule has 0 atom stereocenters. The topological polar surface area (TPSA) is 10.9 Å². The van der Waals surface area contributed by atoms with Crippen LogP contribution in [0.2, 0.25) is 0 Å². The van der Waals surface area contributed by atoms with Gasteiger partial charge in [0.15, 0.2) is 0 Å². The maximum atomic E-state index is 9.43. The van der Waals surface area contributed by atoms with E-state index in [2.05, 4.69) is 30.4 Å². The van der Waals surface area contributed by atoms with E-state index in [0.29, 0.717) is 28.1 Å². The second-order valence-electron chi connectivity index (χ2n) is 14.9. The van der Waals surface area contributed by atoms with Gasteiger partial charge in [0.1, 0.15) is 0 Å². The molecule has 0 radical (unpaired) electrons. The first kappa shape index (κ1) is 21.9. The van der Waals surface area contributed by atoms with Crippen LogP contribution in [-0.2, 0) is 5.41 Å². The Balaban J connectivity index is 1.34. The van der Waals surface area contributed by atoms with Crippen LogP contribution in [0.1, 0.15) is 54.1 Å². The van der Waals surface area contributed by atoms with Gasteiger partial charge in [-0.3, -0.25) is 0 Å².